The van der Waals surface area contributed by atoms with E-state index in [1.54, 1.807) is 0 Å². The maximum Gasteiger partial charge on any atom is 0.129 e. The predicted octanol–water partition coefficient (Wildman–Crippen LogP) is 1.95. The normalized spacial score (nSPS) is 10.0. The molecule has 0 saturated heterocycles. The lowest BCUT2D eigenvalue weighted by molar-refractivity contribution is 0.840. The molecule has 1 aromatic rings. The number of pyridine rings is 1. The van der Waals surface area contributed by atoms with Gasteiger partial charge >= 0.3 is 0 Å². The van der Waals surface area contributed by atoms with Crippen LogP contribution < -0.4 is 10.6 Å². The van der Waals surface area contributed by atoms with E-state index >= 15 is 0 Å². The van der Waals surface area contributed by atoms with Gasteiger partial charge in [0, 0.05) is 18.8 Å². The summed E-state index contributed by atoms with van der Waals surface area (Å²) < 4.78 is 0. The molecule has 0 aliphatic rings. The average Bonchev–Trinajstić information content (AvgIpc) is 2.35. The monoisotopic (exact) mass is 231 g/mol. The third kappa shape index (κ3) is 3.76. The van der Waals surface area contributed by atoms with Gasteiger partial charge in [0.15, 0.2) is 0 Å². The number of rotatable bonds is 6. The molecular weight excluding hydrogens is 210 g/mol. The van der Waals surface area contributed by atoms with Crippen LogP contribution in [0.25, 0.3) is 0 Å². The Labute approximate surface area is 104 Å². The Balaban J connectivity index is 3.04. The lowest BCUT2D eigenvalue weighted by Crippen LogP contribution is -2.24. The maximum atomic E-state index is 5.71. The molecule has 0 radical (unpaired) electrons. The van der Waals surface area contributed by atoms with Gasteiger partial charge in [-0.15, -0.1) is 6.42 Å². The molecule has 3 nitrogen and oxygen atoms in total. The van der Waals surface area contributed by atoms with Crippen molar-refractivity contribution in [2.24, 2.45) is 5.73 Å². The molecule has 1 heterocycles. The van der Waals surface area contributed by atoms with Crippen molar-refractivity contribution in [1.82, 2.24) is 4.98 Å². The largest absolute Gasteiger partial charge is 0.346 e. The third-order valence-corrected chi connectivity index (χ3v) is 2.65. The van der Waals surface area contributed by atoms with E-state index in [4.69, 9.17) is 12.2 Å². The third-order valence-electron chi connectivity index (χ3n) is 2.65. The summed E-state index contributed by atoms with van der Waals surface area (Å²) in [6.07, 6.45) is 7.43. The predicted molar refractivity (Wildman–Crippen MR) is 72.8 cm³/mol. The summed E-state index contributed by atoms with van der Waals surface area (Å²) >= 11 is 0. The summed E-state index contributed by atoms with van der Waals surface area (Å²) in [6, 6.07) is 4.11. The number of terminal acetylenes is 1. The van der Waals surface area contributed by atoms with E-state index < -0.39 is 0 Å². The van der Waals surface area contributed by atoms with Crippen LogP contribution in [0.15, 0.2) is 12.1 Å². The zero-order chi connectivity index (χ0) is 12.7. The molecule has 0 spiro atoms. The van der Waals surface area contributed by atoms with Gasteiger partial charge in [0.25, 0.3) is 0 Å². The van der Waals surface area contributed by atoms with E-state index in [1.165, 1.54) is 0 Å². The number of nitrogens with two attached hydrogens (primary N) is 1. The second-order valence-corrected chi connectivity index (χ2v) is 4.00. The Hall–Kier alpha value is -1.53. The maximum absolute atomic E-state index is 5.71. The second-order valence-electron chi connectivity index (χ2n) is 4.00. The van der Waals surface area contributed by atoms with E-state index in [0.29, 0.717) is 13.1 Å². The van der Waals surface area contributed by atoms with Crippen LogP contribution in [0.3, 0.4) is 0 Å². The molecule has 2 N–H and O–H groups in total. The fraction of sp³-hybridized carbons (Fsp3) is 0.500. The fourth-order valence-electron chi connectivity index (χ4n) is 1.76. The van der Waals surface area contributed by atoms with E-state index in [0.717, 1.165) is 36.5 Å². The van der Waals surface area contributed by atoms with E-state index in [1.807, 2.05) is 6.07 Å². The van der Waals surface area contributed by atoms with Crippen LogP contribution >= 0.6 is 0 Å². The summed E-state index contributed by atoms with van der Waals surface area (Å²) in [5.74, 6) is 3.60. The molecule has 1 aromatic heterocycles. The van der Waals surface area contributed by atoms with Crippen molar-refractivity contribution < 1.29 is 0 Å². The fourth-order valence-corrected chi connectivity index (χ4v) is 1.76. The van der Waals surface area contributed by atoms with Crippen molar-refractivity contribution in [2.75, 3.05) is 18.0 Å². The summed E-state index contributed by atoms with van der Waals surface area (Å²) in [5, 5.41) is 0. The Morgan fingerprint density at radius 3 is 2.71 bits per heavy atom. The summed E-state index contributed by atoms with van der Waals surface area (Å²) in [4.78, 5) is 6.72. The molecule has 1 rings (SSSR count). The van der Waals surface area contributed by atoms with Crippen LogP contribution in [0, 0.1) is 12.3 Å². The Kier molecular flexibility index (Phi) is 5.51. The van der Waals surface area contributed by atoms with Gasteiger partial charge in [-0.05, 0) is 31.0 Å². The minimum Gasteiger partial charge on any atom is -0.346 e. The molecule has 0 amide bonds. The van der Waals surface area contributed by atoms with Crippen LogP contribution in [0.4, 0.5) is 5.82 Å². The van der Waals surface area contributed by atoms with Gasteiger partial charge in [-0.3, -0.25) is 0 Å². The lowest BCUT2D eigenvalue weighted by Gasteiger charge is -2.20. The van der Waals surface area contributed by atoms with Gasteiger partial charge in [-0.25, -0.2) is 4.98 Å². The highest BCUT2D eigenvalue weighted by molar-refractivity contribution is 5.44. The van der Waals surface area contributed by atoms with Crippen molar-refractivity contribution in [3.8, 4) is 12.3 Å². The molecule has 0 aromatic carbocycles. The molecule has 0 bridgehead atoms. The van der Waals surface area contributed by atoms with Crippen molar-refractivity contribution >= 4 is 5.82 Å². The second kappa shape index (κ2) is 6.93. The zero-order valence-electron chi connectivity index (χ0n) is 10.7. The first-order chi connectivity index (χ1) is 8.24. The van der Waals surface area contributed by atoms with Gasteiger partial charge in [-0.1, -0.05) is 19.3 Å². The number of nitrogens with zero attached hydrogens (tertiary/aromatic N) is 2. The molecule has 0 aliphatic heterocycles. The molecular formula is C14H21N3. The number of aromatic nitrogens is 1. The summed E-state index contributed by atoms with van der Waals surface area (Å²) in [7, 11) is 0. The molecule has 0 unspecified atom stereocenters. The number of aryl methyl sites for hydroxylation is 1. The van der Waals surface area contributed by atoms with Crippen LogP contribution in [-0.2, 0) is 13.0 Å². The lowest BCUT2D eigenvalue weighted by atomic mass is 10.1. The summed E-state index contributed by atoms with van der Waals surface area (Å²) in [6.45, 7) is 6.21. The van der Waals surface area contributed by atoms with E-state index in [9.17, 15) is 0 Å². The van der Waals surface area contributed by atoms with Gasteiger partial charge in [0.05, 0.1) is 6.54 Å². The first kappa shape index (κ1) is 13.5. The minimum atomic E-state index is 0.542. The van der Waals surface area contributed by atoms with Gasteiger partial charge in [0.2, 0.25) is 0 Å². The Morgan fingerprint density at radius 2 is 2.18 bits per heavy atom. The first-order valence-electron chi connectivity index (χ1n) is 6.13. The first-order valence-corrected chi connectivity index (χ1v) is 6.13. The molecule has 0 fully saturated rings. The average molecular weight is 231 g/mol. The zero-order valence-corrected chi connectivity index (χ0v) is 10.7. The van der Waals surface area contributed by atoms with Gasteiger partial charge in [0.1, 0.15) is 5.82 Å². The van der Waals surface area contributed by atoms with Crippen LogP contribution in [0.2, 0.25) is 0 Å². The molecule has 92 valence electrons. The van der Waals surface area contributed by atoms with Gasteiger partial charge < -0.3 is 10.6 Å². The van der Waals surface area contributed by atoms with Crippen molar-refractivity contribution in [3.05, 3.63) is 23.4 Å². The standard InChI is InChI=1S/C14H21N3/c1-4-7-13-9-12(11-15)10-14(16-13)17(6-3)8-5-2/h2,9-10H,4,6-8,11,15H2,1,3H3. The highest BCUT2D eigenvalue weighted by Gasteiger charge is 2.07. The van der Waals surface area contributed by atoms with Crippen molar-refractivity contribution in [2.45, 2.75) is 33.2 Å². The smallest absolute Gasteiger partial charge is 0.129 e. The molecule has 3 heteroatoms. The van der Waals surface area contributed by atoms with Crippen LogP contribution in [-0.4, -0.2) is 18.1 Å². The highest BCUT2D eigenvalue weighted by atomic mass is 15.2. The van der Waals surface area contributed by atoms with Crippen molar-refractivity contribution in [3.63, 3.8) is 0 Å². The topological polar surface area (TPSA) is 42.1 Å². The molecule has 0 aliphatic carbocycles. The van der Waals surface area contributed by atoms with Crippen LogP contribution in [0.1, 0.15) is 31.5 Å². The molecule has 17 heavy (non-hydrogen) atoms. The van der Waals surface area contributed by atoms with Crippen LogP contribution in [0.5, 0.6) is 0 Å². The van der Waals surface area contributed by atoms with Crippen molar-refractivity contribution in [1.29, 1.82) is 0 Å². The van der Waals surface area contributed by atoms with E-state index in [-0.39, 0.29) is 0 Å². The highest BCUT2D eigenvalue weighted by Crippen LogP contribution is 2.15. The quantitative estimate of drug-likeness (QED) is 0.761. The number of hydrogen-bond donors (Lipinski definition) is 1. The summed E-state index contributed by atoms with van der Waals surface area (Å²) in [5.41, 5.74) is 7.93. The number of anilines is 1. The SMILES string of the molecule is C#CCN(CC)c1cc(CN)cc(CCC)n1. The Morgan fingerprint density at radius 1 is 1.41 bits per heavy atom. The number of hydrogen-bond acceptors (Lipinski definition) is 3. The molecule has 0 atom stereocenters. The van der Waals surface area contributed by atoms with Gasteiger partial charge in [-0.2, -0.15) is 0 Å². The molecule has 0 saturated carbocycles. The Bertz CT molecular complexity index is 393. The van der Waals surface area contributed by atoms with E-state index in [2.05, 4.69) is 35.7 Å². The minimum absolute atomic E-state index is 0.542.